The topological polar surface area (TPSA) is 83.2 Å². The summed E-state index contributed by atoms with van der Waals surface area (Å²) in [6.07, 6.45) is -0.674. The minimum absolute atomic E-state index is 0.674. The summed E-state index contributed by atoms with van der Waals surface area (Å²) in [5, 5.41) is 0. The molecule has 4 nitrogen and oxygen atoms in total. The van der Waals surface area contributed by atoms with Crippen LogP contribution in [0.25, 0.3) is 0 Å². The first-order valence-electron chi connectivity index (χ1n) is 1.29. The molecule has 0 aromatic heterocycles. The molecule has 0 aromatic rings. The summed E-state index contributed by atoms with van der Waals surface area (Å²) in [5.74, 6) is 0. The van der Waals surface area contributed by atoms with E-state index in [1.54, 1.807) is 0 Å². The minimum Gasteiger partial charge on any atom is -0.322 e. The van der Waals surface area contributed by atoms with Gasteiger partial charge in [-0.15, -0.1) is 4.89 Å². The van der Waals surface area contributed by atoms with Crippen LogP contribution in [0, 0.1) is 0 Å². The first kappa shape index (κ1) is 6.11. The minimum atomic E-state index is -4.12. The molecule has 0 spiro atoms. The predicted octanol–water partition coefficient (Wildman–Crippen LogP) is -0.481. The molecule has 0 aliphatic heterocycles. The molecule has 0 heterocycles. The van der Waals surface area contributed by atoms with E-state index in [1.165, 1.54) is 0 Å². The third-order valence-corrected chi connectivity index (χ3v) is 0.692. The molecule has 0 aliphatic carbocycles. The SMILES string of the molecule is NCP([O])(=O)O. The molecule has 0 saturated carbocycles. The Morgan fingerprint density at radius 3 is 2.00 bits per heavy atom. The molecule has 0 fully saturated rings. The molecule has 0 amide bonds. The summed E-state index contributed by atoms with van der Waals surface area (Å²) in [6.45, 7) is 0. The standard InChI is InChI=1S/CH5NO3P/c2-1-6(3,4)5/h1-2H2,(H,3,4). The Morgan fingerprint density at radius 2 is 2.00 bits per heavy atom. The van der Waals surface area contributed by atoms with Crippen LogP contribution >= 0.6 is 7.60 Å². The van der Waals surface area contributed by atoms with Crippen molar-refractivity contribution < 1.29 is 14.4 Å². The summed E-state index contributed by atoms with van der Waals surface area (Å²) in [7, 11) is -4.12. The van der Waals surface area contributed by atoms with Crippen LogP contribution in [0.15, 0.2) is 0 Å². The van der Waals surface area contributed by atoms with Gasteiger partial charge < -0.3 is 10.6 Å². The second-order valence-electron chi connectivity index (χ2n) is 0.820. The van der Waals surface area contributed by atoms with E-state index in [0.29, 0.717) is 0 Å². The molecule has 0 bridgehead atoms. The van der Waals surface area contributed by atoms with Crippen LogP contribution in [0.1, 0.15) is 0 Å². The predicted molar refractivity (Wildman–Crippen MR) is 19.6 cm³/mol. The summed E-state index contributed by atoms with van der Waals surface area (Å²) in [5.41, 5.74) is 4.48. The van der Waals surface area contributed by atoms with Crippen LogP contribution in [0.4, 0.5) is 0 Å². The fourth-order valence-corrected chi connectivity index (χ4v) is 0. The van der Waals surface area contributed by atoms with E-state index in [9.17, 15) is 9.46 Å². The van der Waals surface area contributed by atoms with Crippen molar-refractivity contribution in [1.29, 1.82) is 0 Å². The van der Waals surface area contributed by atoms with Gasteiger partial charge in [-0.1, -0.05) is 0 Å². The Kier molecular flexibility index (Phi) is 1.74. The van der Waals surface area contributed by atoms with Gasteiger partial charge in [0, 0.05) is 0 Å². The third kappa shape index (κ3) is 4.11. The Hall–Kier alpha value is 0.110. The Bertz CT molecular complexity index is 74.9. The van der Waals surface area contributed by atoms with Gasteiger partial charge >= 0.3 is 7.60 Å². The van der Waals surface area contributed by atoms with E-state index < -0.39 is 13.9 Å². The van der Waals surface area contributed by atoms with Crippen molar-refractivity contribution in [3.63, 3.8) is 0 Å². The summed E-state index contributed by atoms with van der Waals surface area (Å²) < 4.78 is 9.46. The highest BCUT2D eigenvalue weighted by molar-refractivity contribution is 7.51. The normalized spacial score (nSPS) is 11.8. The second-order valence-corrected chi connectivity index (χ2v) is 2.46. The molecule has 37 valence electrons. The second kappa shape index (κ2) is 1.71. The maximum Gasteiger partial charge on any atom is 0.369 e. The van der Waals surface area contributed by atoms with Crippen molar-refractivity contribution in [2.24, 2.45) is 5.73 Å². The van der Waals surface area contributed by atoms with E-state index in [1.807, 2.05) is 0 Å². The molecule has 0 saturated heterocycles. The van der Waals surface area contributed by atoms with Crippen LogP contribution in [0.5, 0.6) is 0 Å². The van der Waals surface area contributed by atoms with Crippen molar-refractivity contribution in [3.8, 4) is 0 Å². The lowest BCUT2D eigenvalue weighted by Crippen LogP contribution is -1.96. The third-order valence-electron chi connectivity index (χ3n) is 0.231. The van der Waals surface area contributed by atoms with Gasteiger partial charge in [-0.3, -0.25) is 4.57 Å². The van der Waals surface area contributed by atoms with Gasteiger partial charge in [-0.05, 0) is 0 Å². The van der Waals surface area contributed by atoms with Crippen LogP contribution in [0.3, 0.4) is 0 Å². The zero-order chi connectivity index (χ0) is 5.21. The molecular formula is CH5NO3P. The molecule has 0 aromatic carbocycles. The molecule has 1 unspecified atom stereocenters. The average Bonchev–Trinajstić information content (AvgIpc) is 1.35. The fraction of sp³-hybridized carbons (Fsp3) is 1.00. The first-order valence-corrected chi connectivity index (χ1v) is 3.05. The number of nitrogens with two attached hydrogens (primary N) is 1. The van der Waals surface area contributed by atoms with Crippen molar-refractivity contribution >= 4 is 7.60 Å². The van der Waals surface area contributed by atoms with Crippen molar-refractivity contribution in [3.05, 3.63) is 0 Å². The van der Waals surface area contributed by atoms with Gasteiger partial charge in [0.05, 0.1) is 6.29 Å². The molecule has 1 atom stereocenters. The van der Waals surface area contributed by atoms with E-state index in [2.05, 4.69) is 5.73 Å². The number of hydrogen-bond donors (Lipinski definition) is 2. The van der Waals surface area contributed by atoms with Crippen LogP contribution in [0.2, 0.25) is 0 Å². The van der Waals surface area contributed by atoms with Gasteiger partial charge in [0.15, 0.2) is 0 Å². The largest absolute Gasteiger partial charge is 0.369 e. The zero-order valence-corrected chi connectivity index (χ0v) is 3.89. The molecule has 3 N–H and O–H groups in total. The molecule has 5 heteroatoms. The highest BCUT2D eigenvalue weighted by atomic mass is 31.2. The van der Waals surface area contributed by atoms with E-state index in [-0.39, 0.29) is 0 Å². The van der Waals surface area contributed by atoms with Gasteiger partial charge in [0.2, 0.25) is 0 Å². The van der Waals surface area contributed by atoms with Crippen LogP contribution < -0.4 is 5.73 Å². The highest BCUT2D eigenvalue weighted by Gasteiger charge is 2.09. The molecule has 1 radical (unpaired) electrons. The highest BCUT2D eigenvalue weighted by Crippen LogP contribution is 2.31. The molecule has 6 heavy (non-hydrogen) atoms. The van der Waals surface area contributed by atoms with Crippen molar-refractivity contribution in [2.75, 3.05) is 6.29 Å². The van der Waals surface area contributed by atoms with E-state index in [4.69, 9.17) is 4.89 Å². The Morgan fingerprint density at radius 1 is 1.83 bits per heavy atom. The van der Waals surface area contributed by atoms with Gasteiger partial charge in [-0.25, -0.2) is 0 Å². The smallest absolute Gasteiger partial charge is 0.322 e. The van der Waals surface area contributed by atoms with Gasteiger partial charge in [0.1, 0.15) is 0 Å². The molecule has 0 rings (SSSR count). The lowest BCUT2D eigenvalue weighted by molar-refractivity contribution is 0.322. The lowest BCUT2D eigenvalue weighted by atomic mass is 11.6. The zero-order valence-electron chi connectivity index (χ0n) is 3.00. The average molecular weight is 110 g/mol. The Labute approximate surface area is 35.1 Å². The summed E-state index contributed by atoms with van der Waals surface area (Å²) >= 11 is 0. The van der Waals surface area contributed by atoms with Crippen LogP contribution in [-0.4, -0.2) is 11.2 Å². The maximum atomic E-state index is 9.46. The summed E-state index contributed by atoms with van der Waals surface area (Å²) in [6, 6.07) is 0. The van der Waals surface area contributed by atoms with E-state index in [0.717, 1.165) is 0 Å². The van der Waals surface area contributed by atoms with E-state index >= 15 is 0 Å². The van der Waals surface area contributed by atoms with Gasteiger partial charge in [0.25, 0.3) is 0 Å². The van der Waals surface area contributed by atoms with Crippen molar-refractivity contribution in [2.45, 2.75) is 0 Å². The molecular weight excluding hydrogens is 105 g/mol. The first-order chi connectivity index (χ1) is 2.56. The number of hydrogen-bond acceptors (Lipinski definition) is 2. The monoisotopic (exact) mass is 110 g/mol. The van der Waals surface area contributed by atoms with Crippen molar-refractivity contribution in [1.82, 2.24) is 0 Å². The summed E-state index contributed by atoms with van der Waals surface area (Å²) in [4.78, 5) is 17.2. The Balaban J connectivity index is 3.48. The number of rotatable bonds is 1. The quantitative estimate of drug-likeness (QED) is 0.447. The van der Waals surface area contributed by atoms with Crippen LogP contribution in [-0.2, 0) is 9.46 Å². The maximum absolute atomic E-state index is 9.46. The van der Waals surface area contributed by atoms with Gasteiger partial charge in [-0.2, -0.15) is 0 Å². The fourth-order valence-electron chi connectivity index (χ4n) is 0. The lowest BCUT2D eigenvalue weighted by Gasteiger charge is -1.89. The molecule has 0 aliphatic rings.